The Kier molecular flexibility index (Phi) is 5.86. The zero-order chi connectivity index (χ0) is 22.0. The molecule has 7 nitrogen and oxygen atoms in total. The lowest BCUT2D eigenvalue weighted by molar-refractivity contribution is 0.102. The maximum absolute atomic E-state index is 13.3. The van der Waals surface area contributed by atoms with Crippen molar-refractivity contribution in [3.63, 3.8) is 0 Å². The number of aromatic nitrogens is 3. The molecule has 160 valence electrons. The van der Waals surface area contributed by atoms with Crippen LogP contribution in [0.2, 0.25) is 0 Å². The summed E-state index contributed by atoms with van der Waals surface area (Å²) in [5, 5.41) is 8.27. The molecule has 0 aliphatic heterocycles. The molecule has 7 heteroatoms. The zero-order valence-electron chi connectivity index (χ0n) is 18.3. The molecule has 1 N–H and O–H groups in total. The lowest BCUT2D eigenvalue weighted by atomic mass is 10.1. The summed E-state index contributed by atoms with van der Waals surface area (Å²) in [5.41, 5.74) is 4.45. The molecule has 4 rings (SSSR count). The van der Waals surface area contributed by atoms with E-state index in [0.29, 0.717) is 22.7 Å². The number of hydrogen-bond acceptors (Lipinski definition) is 5. The van der Waals surface area contributed by atoms with Gasteiger partial charge in [-0.15, -0.1) is 0 Å². The standard InChI is InChI=1S/C24H27N5O2/c1-5-29(6-2)15-17-9-7-10-18(13-17)25-24(30)19-14-20(21-11-8-12-31-21)26-23-22(19)16(3)27-28(23)4/h7-14H,5-6,15H2,1-4H3,(H,25,30). The minimum atomic E-state index is -0.198. The predicted octanol–water partition coefficient (Wildman–Crippen LogP) is 4.63. The van der Waals surface area contributed by atoms with E-state index in [2.05, 4.69) is 40.2 Å². The molecule has 1 amide bonds. The molecule has 0 aliphatic rings. The smallest absolute Gasteiger partial charge is 0.256 e. The van der Waals surface area contributed by atoms with Crippen molar-refractivity contribution in [2.75, 3.05) is 18.4 Å². The predicted molar refractivity (Wildman–Crippen MR) is 122 cm³/mol. The van der Waals surface area contributed by atoms with E-state index in [1.807, 2.05) is 38.2 Å². The van der Waals surface area contributed by atoms with E-state index in [4.69, 9.17) is 4.42 Å². The monoisotopic (exact) mass is 417 g/mol. The number of hydrogen-bond donors (Lipinski definition) is 1. The number of aryl methyl sites for hydroxylation is 2. The van der Waals surface area contributed by atoms with Crippen molar-refractivity contribution in [3.8, 4) is 11.5 Å². The third-order valence-electron chi connectivity index (χ3n) is 5.47. The van der Waals surface area contributed by atoms with Crippen molar-refractivity contribution < 1.29 is 9.21 Å². The average Bonchev–Trinajstić information content (AvgIpc) is 3.40. The maximum atomic E-state index is 13.3. The van der Waals surface area contributed by atoms with Gasteiger partial charge in [0.1, 0.15) is 5.69 Å². The van der Waals surface area contributed by atoms with Crippen molar-refractivity contribution in [1.29, 1.82) is 0 Å². The minimum absolute atomic E-state index is 0.198. The van der Waals surface area contributed by atoms with Gasteiger partial charge in [-0.2, -0.15) is 5.10 Å². The van der Waals surface area contributed by atoms with Crippen LogP contribution < -0.4 is 5.32 Å². The van der Waals surface area contributed by atoms with Gasteiger partial charge >= 0.3 is 0 Å². The zero-order valence-corrected chi connectivity index (χ0v) is 18.3. The van der Waals surface area contributed by atoms with E-state index in [0.717, 1.165) is 42.0 Å². The number of nitrogens with zero attached hydrogens (tertiary/aromatic N) is 4. The molecule has 0 atom stereocenters. The summed E-state index contributed by atoms with van der Waals surface area (Å²) >= 11 is 0. The average molecular weight is 418 g/mol. The van der Waals surface area contributed by atoms with Crippen molar-refractivity contribution in [2.45, 2.75) is 27.3 Å². The first-order chi connectivity index (χ1) is 15.0. The lowest BCUT2D eigenvalue weighted by Crippen LogP contribution is -2.22. The summed E-state index contributed by atoms with van der Waals surface area (Å²) in [4.78, 5) is 20.4. The molecular weight excluding hydrogens is 390 g/mol. The molecule has 31 heavy (non-hydrogen) atoms. The molecular formula is C24H27N5O2. The Hall–Kier alpha value is -3.45. The Morgan fingerprint density at radius 1 is 1.16 bits per heavy atom. The van der Waals surface area contributed by atoms with Gasteiger partial charge in [-0.25, -0.2) is 4.98 Å². The number of rotatable bonds is 7. The first kappa shape index (κ1) is 20.8. The number of nitrogens with one attached hydrogen (secondary N) is 1. The fraction of sp³-hybridized carbons (Fsp3) is 0.292. The normalized spacial score (nSPS) is 11.4. The summed E-state index contributed by atoms with van der Waals surface area (Å²) in [6.45, 7) is 9.00. The molecule has 4 aromatic rings. The Morgan fingerprint density at radius 2 is 1.97 bits per heavy atom. The largest absolute Gasteiger partial charge is 0.463 e. The highest BCUT2D eigenvalue weighted by atomic mass is 16.3. The summed E-state index contributed by atoms with van der Waals surface area (Å²) in [7, 11) is 1.83. The van der Waals surface area contributed by atoms with Gasteiger partial charge < -0.3 is 9.73 Å². The molecule has 0 unspecified atom stereocenters. The maximum Gasteiger partial charge on any atom is 0.256 e. The number of furan rings is 1. The first-order valence-electron chi connectivity index (χ1n) is 10.5. The quantitative estimate of drug-likeness (QED) is 0.474. The summed E-state index contributed by atoms with van der Waals surface area (Å²) in [6.07, 6.45) is 1.59. The van der Waals surface area contributed by atoms with Gasteiger partial charge in [-0.3, -0.25) is 14.4 Å². The second kappa shape index (κ2) is 8.73. The molecule has 3 heterocycles. The number of anilines is 1. The fourth-order valence-corrected chi connectivity index (χ4v) is 3.83. The number of carbonyl (C=O) groups excluding carboxylic acids is 1. The summed E-state index contributed by atoms with van der Waals surface area (Å²) < 4.78 is 7.21. The molecule has 3 aromatic heterocycles. The van der Waals surface area contributed by atoms with Gasteiger partial charge in [0.25, 0.3) is 5.91 Å². The van der Waals surface area contributed by atoms with Gasteiger partial charge in [-0.05, 0) is 55.9 Å². The van der Waals surface area contributed by atoms with Gasteiger partial charge in [0.15, 0.2) is 11.4 Å². The van der Waals surface area contributed by atoms with Crippen LogP contribution in [0.4, 0.5) is 5.69 Å². The first-order valence-corrected chi connectivity index (χ1v) is 10.5. The molecule has 0 bridgehead atoms. The third kappa shape index (κ3) is 4.22. The summed E-state index contributed by atoms with van der Waals surface area (Å²) in [6, 6.07) is 13.4. The molecule has 0 saturated heterocycles. The van der Waals surface area contributed by atoms with Crippen molar-refractivity contribution in [3.05, 3.63) is 65.5 Å². The Labute approximate surface area is 181 Å². The van der Waals surface area contributed by atoms with Gasteiger partial charge in [0.2, 0.25) is 0 Å². The Morgan fingerprint density at radius 3 is 2.68 bits per heavy atom. The topological polar surface area (TPSA) is 76.2 Å². The van der Waals surface area contributed by atoms with Crippen LogP contribution in [-0.4, -0.2) is 38.7 Å². The number of fused-ring (bicyclic) bond motifs is 1. The van der Waals surface area contributed by atoms with E-state index in [9.17, 15) is 4.79 Å². The van der Waals surface area contributed by atoms with E-state index < -0.39 is 0 Å². The van der Waals surface area contributed by atoms with Crippen LogP contribution in [0, 0.1) is 6.92 Å². The molecule has 1 aromatic carbocycles. The molecule has 0 fully saturated rings. The Balaban J connectivity index is 1.70. The van der Waals surface area contributed by atoms with Crippen molar-refractivity contribution in [1.82, 2.24) is 19.7 Å². The highest BCUT2D eigenvalue weighted by Gasteiger charge is 2.20. The molecule has 0 radical (unpaired) electrons. The van der Waals surface area contributed by atoms with E-state index in [1.54, 1.807) is 23.1 Å². The van der Waals surface area contributed by atoms with Crippen LogP contribution in [0.15, 0.2) is 53.1 Å². The van der Waals surface area contributed by atoms with Crippen LogP contribution >= 0.6 is 0 Å². The number of pyridine rings is 1. The number of benzene rings is 1. The third-order valence-corrected chi connectivity index (χ3v) is 5.47. The number of amides is 1. The van der Waals surface area contributed by atoms with Crippen molar-refractivity contribution in [2.24, 2.45) is 7.05 Å². The second-order valence-electron chi connectivity index (χ2n) is 7.56. The van der Waals surface area contributed by atoms with Crippen LogP contribution in [-0.2, 0) is 13.6 Å². The van der Waals surface area contributed by atoms with Crippen LogP contribution in [0.1, 0.15) is 35.5 Å². The van der Waals surface area contributed by atoms with Crippen molar-refractivity contribution >= 4 is 22.6 Å². The van der Waals surface area contributed by atoms with E-state index >= 15 is 0 Å². The lowest BCUT2D eigenvalue weighted by Gasteiger charge is -2.18. The Bertz CT molecular complexity index is 1210. The van der Waals surface area contributed by atoms with Crippen LogP contribution in [0.5, 0.6) is 0 Å². The van der Waals surface area contributed by atoms with Gasteiger partial charge in [0, 0.05) is 19.3 Å². The van der Waals surface area contributed by atoms with Gasteiger partial charge in [-0.1, -0.05) is 26.0 Å². The van der Waals surface area contributed by atoms with E-state index in [1.165, 1.54) is 0 Å². The van der Waals surface area contributed by atoms with Crippen LogP contribution in [0.3, 0.4) is 0 Å². The SMILES string of the molecule is CCN(CC)Cc1cccc(NC(=O)c2cc(-c3ccco3)nc3c2c(C)nn3C)c1. The van der Waals surface area contributed by atoms with Crippen LogP contribution in [0.25, 0.3) is 22.5 Å². The molecule has 0 aliphatic carbocycles. The fourth-order valence-electron chi connectivity index (χ4n) is 3.83. The number of carbonyl (C=O) groups is 1. The molecule has 0 saturated carbocycles. The summed E-state index contributed by atoms with van der Waals surface area (Å²) in [5.74, 6) is 0.410. The highest BCUT2D eigenvalue weighted by Crippen LogP contribution is 2.28. The highest BCUT2D eigenvalue weighted by molar-refractivity contribution is 6.13. The minimum Gasteiger partial charge on any atom is -0.463 e. The van der Waals surface area contributed by atoms with Gasteiger partial charge in [0.05, 0.1) is 22.9 Å². The van der Waals surface area contributed by atoms with E-state index in [-0.39, 0.29) is 5.91 Å². The second-order valence-corrected chi connectivity index (χ2v) is 7.56. The molecule has 0 spiro atoms.